The Balaban J connectivity index is 1.75. The second kappa shape index (κ2) is 7.42. The molecule has 7 heteroatoms. The van der Waals surface area contributed by atoms with Crippen LogP contribution in [0.15, 0.2) is 51.4 Å². The summed E-state index contributed by atoms with van der Waals surface area (Å²) >= 11 is 6.45. The summed E-state index contributed by atoms with van der Waals surface area (Å²) in [6.07, 6.45) is 0. The van der Waals surface area contributed by atoms with E-state index in [2.05, 4.69) is 33.1 Å². The highest BCUT2D eigenvalue weighted by Gasteiger charge is 2.15. The van der Waals surface area contributed by atoms with Gasteiger partial charge in [0.1, 0.15) is 0 Å². The molecule has 0 N–H and O–H groups in total. The number of hydrogen-bond acceptors (Lipinski definition) is 5. The van der Waals surface area contributed by atoms with Gasteiger partial charge in [-0.3, -0.25) is 4.79 Å². The van der Waals surface area contributed by atoms with E-state index in [1.807, 2.05) is 46.3 Å². The van der Waals surface area contributed by atoms with Gasteiger partial charge in [-0.2, -0.15) is 0 Å². The molecule has 0 atom stereocenters. The molecule has 0 aliphatic heterocycles. The Labute approximate surface area is 151 Å². The normalized spacial score (nSPS) is 10.9. The number of hydrogen-bond donors (Lipinski definition) is 0. The molecule has 2 heterocycles. The zero-order valence-electron chi connectivity index (χ0n) is 12.4. The van der Waals surface area contributed by atoms with E-state index in [1.54, 1.807) is 11.3 Å². The Morgan fingerprint density at radius 2 is 2.17 bits per heavy atom. The molecule has 118 valence electrons. The van der Waals surface area contributed by atoms with Crippen molar-refractivity contribution in [3.05, 3.63) is 51.8 Å². The van der Waals surface area contributed by atoms with Crippen molar-refractivity contribution in [2.24, 2.45) is 0 Å². The van der Waals surface area contributed by atoms with Gasteiger partial charge in [-0.1, -0.05) is 45.9 Å². The van der Waals surface area contributed by atoms with Crippen LogP contribution >= 0.6 is 39.0 Å². The SMILES string of the molecule is CCn1c(SCC(=O)c2cccc(Br)c2)nnc1-c1cccs1. The first-order valence-electron chi connectivity index (χ1n) is 7.07. The van der Waals surface area contributed by atoms with Crippen LogP contribution in [0.25, 0.3) is 10.7 Å². The Morgan fingerprint density at radius 3 is 2.87 bits per heavy atom. The molecule has 2 aromatic heterocycles. The third kappa shape index (κ3) is 3.73. The third-order valence-corrected chi connectivity index (χ3v) is 5.58. The maximum absolute atomic E-state index is 12.3. The molecule has 3 rings (SSSR count). The Kier molecular flexibility index (Phi) is 5.30. The summed E-state index contributed by atoms with van der Waals surface area (Å²) in [5.41, 5.74) is 0.702. The van der Waals surface area contributed by atoms with Gasteiger partial charge in [-0.05, 0) is 30.5 Å². The average Bonchev–Trinajstić information content (AvgIpc) is 3.21. The number of rotatable bonds is 6. The molecular formula is C16H14BrN3OS2. The minimum atomic E-state index is 0.0830. The number of benzene rings is 1. The molecule has 0 aliphatic carbocycles. The highest BCUT2D eigenvalue weighted by atomic mass is 79.9. The highest BCUT2D eigenvalue weighted by molar-refractivity contribution is 9.10. The van der Waals surface area contributed by atoms with Crippen LogP contribution in [-0.4, -0.2) is 26.3 Å². The molecule has 4 nitrogen and oxygen atoms in total. The minimum Gasteiger partial charge on any atom is -0.302 e. The van der Waals surface area contributed by atoms with E-state index in [9.17, 15) is 4.79 Å². The first-order chi connectivity index (χ1) is 11.2. The third-order valence-electron chi connectivity index (χ3n) is 3.25. The number of carbonyl (C=O) groups is 1. The molecule has 0 saturated heterocycles. The van der Waals surface area contributed by atoms with Crippen LogP contribution < -0.4 is 0 Å². The van der Waals surface area contributed by atoms with E-state index in [1.165, 1.54) is 11.8 Å². The fraction of sp³-hybridized carbons (Fsp3) is 0.188. The molecule has 0 unspecified atom stereocenters. The van der Waals surface area contributed by atoms with Crippen LogP contribution in [0, 0.1) is 0 Å². The standard InChI is InChI=1S/C16H14BrN3OS2/c1-2-20-15(14-7-4-8-22-14)18-19-16(20)23-10-13(21)11-5-3-6-12(17)9-11/h3-9H,2,10H2,1H3. The number of thioether (sulfide) groups is 1. The number of halogens is 1. The van der Waals surface area contributed by atoms with Crippen molar-refractivity contribution in [2.75, 3.05) is 5.75 Å². The molecule has 0 amide bonds. The van der Waals surface area contributed by atoms with E-state index >= 15 is 0 Å². The second-order valence-corrected chi connectivity index (χ2v) is 7.56. The van der Waals surface area contributed by atoms with Crippen LogP contribution in [0.4, 0.5) is 0 Å². The number of ketones is 1. The van der Waals surface area contributed by atoms with Crippen molar-refractivity contribution in [3.8, 4) is 10.7 Å². The Morgan fingerprint density at radius 1 is 1.30 bits per heavy atom. The number of Topliss-reactive ketones (excluding diaryl/α,β-unsaturated/α-hetero) is 1. The van der Waals surface area contributed by atoms with Gasteiger partial charge in [-0.25, -0.2) is 0 Å². The van der Waals surface area contributed by atoms with Crippen molar-refractivity contribution in [3.63, 3.8) is 0 Å². The lowest BCUT2D eigenvalue weighted by atomic mass is 10.2. The molecule has 0 aliphatic rings. The van der Waals surface area contributed by atoms with Gasteiger partial charge in [0.25, 0.3) is 0 Å². The van der Waals surface area contributed by atoms with E-state index < -0.39 is 0 Å². The van der Waals surface area contributed by atoms with Gasteiger partial charge in [-0.15, -0.1) is 21.5 Å². The van der Waals surface area contributed by atoms with E-state index in [0.717, 1.165) is 26.9 Å². The molecule has 0 bridgehead atoms. The van der Waals surface area contributed by atoms with Crippen LogP contribution in [0.3, 0.4) is 0 Å². The van der Waals surface area contributed by atoms with Crippen molar-refractivity contribution in [1.29, 1.82) is 0 Å². The molecule has 0 radical (unpaired) electrons. The maximum Gasteiger partial charge on any atom is 0.191 e. The fourth-order valence-corrected chi connectivity index (χ4v) is 4.16. The predicted molar refractivity (Wildman–Crippen MR) is 98.2 cm³/mol. The summed E-state index contributed by atoms with van der Waals surface area (Å²) in [4.78, 5) is 13.4. The molecule has 0 saturated carbocycles. The number of aromatic nitrogens is 3. The predicted octanol–water partition coefficient (Wildman–Crippen LogP) is 4.76. The summed E-state index contributed by atoms with van der Waals surface area (Å²) < 4.78 is 2.95. The zero-order valence-corrected chi connectivity index (χ0v) is 15.6. The number of carbonyl (C=O) groups excluding carboxylic acids is 1. The first kappa shape index (κ1) is 16.4. The number of thiophene rings is 1. The van der Waals surface area contributed by atoms with Crippen molar-refractivity contribution >= 4 is 44.8 Å². The van der Waals surface area contributed by atoms with Crippen LogP contribution in [0.2, 0.25) is 0 Å². The number of nitrogens with zero attached hydrogens (tertiary/aromatic N) is 3. The second-order valence-electron chi connectivity index (χ2n) is 4.75. The van der Waals surface area contributed by atoms with Crippen LogP contribution in [0.5, 0.6) is 0 Å². The molecule has 23 heavy (non-hydrogen) atoms. The Hall–Kier alpha value is -1.44. The summed E-state index contributed by atoms with van der Waals surface area (Å²) in [6, 6.07) is 11.5. The van der Waals surface area contributed by atoms with E-state index in [0.29, 0.717) is 11.3 Å². The first-order valence-corrected chi connectivity index (χ1v) is 9.73. The fourth-order valence-electron chi connectivity index (χ4n) is 2.14. The lowest BCUT2D eigenvalue weighted by molar-refractivity contribution is 0.102. The largest absolute Gasteiger partial charge is 0.302 e. The van der Waals surface area contributed by atoms with Gasteiger partial charge in [0, 0.05) is 16.6 Å². The smallest absolute Gasteiger partial charge is 0.191 e. The lowest BCUT2D eigenvalue weighted by Crippen LogP contribution is -2.05. The van der Waals surface area contributed by atoms with Crippen molar-refractivity contribution in [1.82, 2.24) is 14.8 Å². The molecule has 0 fully saturated rings. The molecule has 3 aromatic rings. The summed E-state index contributed by atoms with van der Waals surface area (Å²) in [5, 5.41) is 11.3. The minimum absolute atomic E-state index is 0.0830. The van der Waals surface area contributed by atoms with E-state index in [-0.39, 0.29) is 5.78 Å². The topological polar surface area (TPSA) is 47.8 Å². The quantitative estimate of drug-likeness (QED) is 0.436. The van der Waals surface area contributed by atoms with Gasteiger partial charge < -0.3 is 4.57 Å². The lowest BCUT2D eigenvalue weighted by Gasteiger charge is -2.06. The Bertz CT molecular complexity index is 815. The van der Waals surface area contributed by atoms with Gasteiger partial charge >= 0.3 is 0 Å². The molecule has 1 aromatic carbocycles. The molecule has 0 spiro atoms. The summed E-state index contributed by atoms with van der Waals surface area (Å²) in [6.45, 7) is 2.83. The van der Waals surface area contributed by atoms with Crippen LogP contribution in [0.1, 0.15) is 17.3 Å². The average molecular weight is 408 g/mol. The summed E-state index contributed by atoms with van der Waals surface area (Å²) in [7, 11) is 0. The van der Waals surface area contributed by atoms with Crippen LogP contribution in [-0.2, 0) is 6.54 Å². The zero-order chi connectivity index (χ0) is 16.2. The highest BCUT2D eigenvalue weighted by Crippen LogP contribution is 2.27. The van der Waals surface area contributed by atoms with Gasteiger partial charge in [0.15, 0.2) is 16.8 Å². The van der Waals surface area contributed by atoms with Crippen molar-refractivity contribution in [2.45, 2.75) is 18.6 Å². The summed E-state index contributed by atoms with van der Waals surface area (Å²) in [5.74, 6) is 1.29. The maximum atomic E-state index is 12.3. The van der Waals surface area contributed by atoms with Gasteiger partial charge in [0.2, 0.25) is 0 Å². The van der Waals surface area contributed by atoms with E-state index in [4.69, 9.17) is 0 Å². The molecular weight excluding hydrogens is 394 g/mol. The van der Waals surface area contributed by atoms with Crippen molar-refractivity contribution < 1.29 is 4.79 Å². The monoisotopic (exact) mass is 407 g/mol. The van der Waals surface area contributed by atoms with Gasteiger partial charge in [0.05, 0.1) is 10.6 Å².